The minimum absolute atomic E-state index is 0.389. The van der Waals surface area contributed by atoms with Gasteiger partial charge >= 0.3 is 5.97 Å². The first-order valence-electron chi connectivity index (χ1n) is 8.47. The summed E-state index contributed by atoms with van der Waals surface area (Å²) >= 11 is 6.82. The van der Waals surface area contributed by atoms with Gasteiger partial charge in [0.2, 0.25) is 0 Å². The number of halogens is 2. The fraction of sp³-hybridized carbons (Fsp3) is 0.136. The molecule has 0 amide bonds. The molecule has 0 aliphatic carbocycles. The molecular weight excluding hydrogens is 472 g/mol. The van der Waals surface area contributed by atoms with Crippen molar-refractivity contribution >= 4 is 37.8 Å². The SMILES string of the molecule is Cc1cc(Br)ccc1OC(=O)c1cc(Br)ccc1OCCc1ccccc1. The molecule has 0 saturated heterocycles. The Morgan fingerprint density at radius 1 is 0.889 bits per heavy atom. The molecule has 3 aromatic carbocycles. The van der Waals surface area contributed by atoms with Crippen molar-refractivity contribution in [1.82, 2.24) is 0 Å². The summed E-state index contributed by atoms with van der Waals surface area (Å²) in [7, 11) is 0. The van der Waals surface area contributed by atoms with Gasteiger partial charge < -0.3 is 9.47 Å². The second-order valence-electron chi connectivity index (χ2n) is 6.02. The normalized spacial score (nSPS) is 10.5. The topological polar surface area (TPSA) is 35.5 Å². The molecule has 0 N–H and O–H groups in total. The summed E-state index contributed by atoms with van der Waals surface area (Å²) in [6, 6.07) is 20.9. The molecule has 3 aromatic rings. The summed E-state index contributed by atoms with van der Waals surface area (Å²) < 4.78 is 13.2. The molecular formula is C22H18Br2O3. The first-order valence-corrected chi connectivity index (χ1v) is 10.1. The molecule has 0 atom stereocenters. The van der Waals surface area contributed by atoms with Crippen molar-refractivity contribution in [2.45, 2.75) is 13.3 Å². The van der Waals surface area contributed by atoms with E-state index in [1.165, 1.54) is 5.56 Å². The van der Waals surface area contributed by atoms with Gasteiger partial charge in [-0.25, -0.2) is 4.79 Å². The summed E-state index contributed by atoms with van der Waals surface area (Å²) in [5.74, 6) is 0.587. The highest BCUT2D eigenvalue weighted by molar-refractivity contribution is 9.10. The number of carbonyl (C=O) groups excluding carboxylic acids is 1. The molecule has 0 radical (unpaired) electrons. The molecule has 0 bridgehead atoms. The van der Waals surface area contributed by atoms with Crippen LogP contribution < -0.4 is 9.47 Å². The Balaban J connectivity index is 1.73. The third kappa shape index (κ3) is 5.44. The monoisotopic (exact) mass is 488 g/mol. The van der Waals surface area contributed by atoms with Gasteiger partial charge in [-0.05, 0) is 54.4 Å². The Labute approximate surface area is 175 Å². The van der Waals surface area contributed by atoms with Crippen molar-refractivity contribution in [1.29, 1.82) is 0 Å². The molecule has 0 heterocycles. The lowest BCUT2D eigenvalue weighted by Gasteiger charge is -2.13. The zero-order chi connectivity index (χ0) is 19.2. The molecule has 138 valence electrons. The standard InChI is InChI=1S/C22H18Br2O3/c1-15-13-17(23)7-9-20(15)27-22(25)19-14-18(24)8-10-21(19)26-12-11-16-5-3-2-4-6-16/h2-10,13-14H,11-12H2,1H3. The van der Waals surface area contributed by atoms with Crippen LogP contribution >= 0.6 is 31.9 Å². The van der Waals surface area contributed by atoms with Crippen LogP contribution in [-0.4, -0.2) is 12.6 Å². The Bertz CT molecular complexity index is 940. The molecule has 0 aliphatic rings. The lowest BCUT2D eigenvalue weighted by atomic mass is 10.1. The highest BCUT2D eigenvalue weighted by atomic mass is 79.9. The fourth-order valence-electron chi connectivity index (χ4n) is 2.59. The van der Waals surface area contributed by atoms with Crippen molar-refractivity contribution in [3.05, 3.63) is 92.4 Å². The maximum Gasteiger partial charge on any atom is 0.347 e. The Morgan fingerprint density at radius 3 is 2.26 bits per heavy atom. The summed E-state index contributed by atoms with van der Waals surface area (Å²) in [6.45, 7) is 2.37. The summed E-state index contributed by atoms with van der Waals surface area (Å²) in [6.07, 6.45) is 0.761. The Morgan fingerprint density at radius 2 is 1.56 bits per heavy atom. The minimum Gasteiger partial charge on any atom is -0.492 e. The van der Waals surface area contributed by atoms with Crippen molar-refractivity contribution in [3.8, 4) is 11.5 Å². The highest BCUT2D eigenvalue weighted by Gasteiger charge is 2.17. The second kappa shape index (κ2) is 9.20. The molecule has 0 unspecified atom stereocenters. The molecule has 0 spiro atoms. The number of benzene rings is 3. The van der Waals surface area contributed by atoms with E-state index in [2.05, 4.69) is 44.0 Å². The number of esters is 1. The van der Waals surface area contributed by atoms with E-state index >= 15 is 0 Å². The van der Waals surface area contributed by atoms with E-state index in [-0.39, 0.29) is 0 Å². The van der Waals surface area contributed by atoms with Crippen molar-refractivity contribution in [3.63, 3.8) is 0 Å². The lowest BCUT2D eigenvalue weighted by molar-refractivity contribution is 0.0729. The molecule has 3 nitrogen and oxygen atoms in total. The Kier molecular flexibility index (Phi) is 6.69. The van der Waals surface area contributed by atoms with Gasteiger partial charge in [0.1, 0.15) is 17.1 Å². The van der Waals surface area contributed by atoms with Gasteiger partial charge in [0.15, 0.2) is 0 Å². The van der Waals surface area contributed by atoms with Crippen LogP contribution in [0.25, 0.3) is 0 Å². The zero-order valence-electron chi connectivity index (χ0n) is 14.7. The molecule has 27 heavy (non-hydrogen) atoms. The van der Waals surface area contributed by atoms with Gasteiger partial charge in [-0.3, -0.25) is 0 Å². The molecule has 0 saturated carbocycles. The highest BCUT2D eigenvalue weighted by Crippen LogP contribution is 2.27. The zero-order valence-corrected chi connectivity index (χ0v) is 17.9. The van der Waals surface area contributed by atoms with Crippen LogP contribution in [0.5, 0.6) is 11.5 Å². The number of aryl methyl sites for hydroxylation is 1. The maximum absolute atomic E-state index is 12.7. The minimum atomic E-state index is -0.448. The number of hydrogen-bond acceptors (Lipinski definition) is 3. The molecule has 0 fully saturated rings. The van der Waals surface area contributed by atoms with Crippen LogP contribution in [-0.2, 0) is 6.42 Å². The van der Waals surface area contributed by atoms with Gasteiger partial charge in [-0.1, -0.05) is 62.2 Å². The van der Waals surface area contributed by atoms with Crippen molar-refractivity contribution < 1.29 is 14.3 Å². The predicted octanol–water partition coefficient (Wildman–Crippen LogP) is 6.36. The number of hydrogen-bond donors (Lipinski definition) is 0. The van der Waals surface area contributed by atoms with Crippen LogP contribution in [0, 0.1) is 6.92 Å². The third-order valence-corrected chi connectivity index (χ3v) is 4.98. The van der Waals surface area contributed by atoms with Crippen LogP contribution in [0.1, 0.15) is 21.5 Å². The third-order valence-electron chi connectivity index (χ3n) is 3.99. The summed E-state index contributed by atoms with van der Waals surface area (Å²) in [5, 5.41) is 0. The average Bonchev–Trinajstić information content (AvgIpc) is 2.66. The molecule has 5 heteroatoms. The maximum atomic E-state index is 12.7. The Hall–Kier alpha value is -2.11. The van der Waals surface area contributed by atoms with E-state index in [0.717, 1.165) is 20.9 Å². The number of ether oxygens (including phenoxy) is 2. The van der Waals surface area contributed by atoms with Crippen molar-refractivity contribution in [2.24, 2.45) is 0 Å². The summed E-state index contributed by atoms with van der Waals surface area (Å²) in [5.41, 5.74) is 2.45. The van der Waals surface area contributed by atoms with E-state index in [0.29, 0.717) is 23.7 Å². The fourth-order valence-corrected chi connectivity index (χ4v) is 3.43. The molecule has 0 aliphatic heterocycles. The van der Waals surface area contributed by atoms with E-state index in [9.17, 15) is 4.79 Å². The second-order valence-corrected chi connectivity index (χ2v) is 7.86. The van der Waals surface area contributed by atoms with E-state index < -0.39 is 5.97 Å². The van der Waals surface area contributed by atoms with Gasteiger partial charge in [0.25, 0.3) is 0 Å². The smallest absolute Gasteiger partial charge is 0.347 e. The van der Waals surface area contributed by atoms with Gasteiger partial charge in [0, 0.05) is 15.4 Å². The lowest BCUT2D eigenvalue weighted by Crippen LogP contribution is -2.12. The van der Waals surface area contributed by atoms with Crippen LogP contribution in [0.3, 0.4) is 0 Å². The van der Waals surface area contributed by atoms with E-state index in [1.807, 2.05) is 43.3 Å². The van der Waals surface area contributed by atoms with Gasteiger partial charge in [-0.15, -0.1) is 0 Å². The first kappa shape index (κ1) is 19.6. The van der Waals surface area contributed by atoms with Gasteiger partial charge in [0.05, 0.1) is 6.61 Å². The quantitative estimate of drug-likeness (QED) is 0.298. The first-order chi connectivity index (χ1) is 13.0. The van der Waals surface area contributed by atoms with Crippen molar-refractivity contribution in [2.75, 3.05) is 6.61 Å². The van der Waals surface area contributed by atoms with E-state index in [4.69, 9.17) is 9.47 Å². The predicted molar refractivity (Wildman–Crippen MR) is 114 cm³/mol. The van der Waals surface area contributed by atoms with Crippen LogP contribution in [0.4, 0.5) is 0 Å². The molecule has 0 aromatic heterocycles. The number of rotatable bonds is 6. The van der Waals surface area contributed by atoms with Crippen LogP contribution in [0.2, 0.25) is 0 Å². The molecule has 3 rings (SSSR count). The largest absolute Gasteiger partial charge is 0.492 e. The van der Waals surface area contributed by atoms with Gasteiger partial charge in [-0.2, -0.15) is 0 Å². The van der Waals surface area contributed by atoms with E-state index in [1.54, 1.807) is 18.2 Å². The van der Waals surface area contributed by atoms with Crippen LogP contribution in [0.15, 0.2) is 75.7 Å². The summed E-state index contributed by atoms with van der Waals surface area (Å²) in [4.78, 5) is 12.7. The average molecular weight is 490 g/mol. The number of carbonyl (C=O) groups is 1.